The summed E-state index contributed by atoms with van der Waals surface area (Å²) >= 11 is 5.77. The van der Waals surface area contributed by atoms with Crippen molar-refractivity contribution in [3.05, 3.63) is 88.9 Å². The Bertz CT molecular complexity index is 1150. The molecule has 0 atom stereocenters. The first kappa shape index (κ1) is 18.2. The zero-order valence-electron chi connectivity index (χ0n) is 14.2. The van der Waals surface area contributed by atoms with Crippen LogP contribution in [0.15, 0.2) is 77.7 Å². The molecular weight excluding hydrogens is 402 g/mol. The van der Waals surface area contributed by atoms with Gasteiger partial charge in [-0.05, 0) is 60.7 Å². The number of amides is 2. The van der Waals surface area contributed by atoms with Gasteiger partial charge in [-0.25, -0.2) is 4.90 Å². The third-order valence-electron chi connectivity index (χ3n) is 4.20. The second-order valence-corrected chi connectivity index (χ2v) is 7.96. The van der Waals surface area contributed by atoms with Gasteiger partial charge in [-0.1, -0.05) is 23.7 Å². The number of rotatable bonds is 4. The minimum atomic E-state index is -4.08. The van der Waals surface area contributed by atoms with Crippen molar-refractivity contribution in [2.45, 2.75) is 4.90 Å². The quantitative estimate of drug-likeness (QED) is 0.478. The molecule has 140 valence electrons. The van der Waals surface area contributed by atoms with E-state index in [-0.39, 0.29) is 16.3 Å². The molecule has 0 unspecified atom stereocenters. The van der Waals surface area contributed by atoms with Crippen molar-refractivity contribution < 1.29 is 22.2 Å². The molecule has 0 radical (unpaired) electrons. The van der Waals surface area contributed by atoms with Crippen LogP contribution in [0.2, 0.25) is 5.02 Å². The maximum absolute atomic E-state index is 12.5. The molecule has 0 saturated carbocycles. The van der Waals surface area contributed by atoms with Gasteiger partial charge in [0.2, 0.25) is 0 Å². The standard InChI is InChI=1S/C20H12ClNO5S/c21-13-5-9-15(10-6-13)27-28(25,26)16-11-7-14(8-12-16)22-19(23)17-3-1-2-4-18(17)20(22)24/h1-12H. The third kappa shape index (κ3) is 3.15. The van der Waals surface area contributed by atoms with Gasteiger partial charge >= 0.3 is 10.1 Å². The van der Waals surface area contributed by atoms with Crippen LogP contribution >= 0.6 is 11.6 Å². The lowest BCUT2D eigenvalue weighted by Gasteiger charge is -2.14. The van der Waals surface area contributed by atoms with Crippen LogP contribution < -0.4 is 9.08 Å². The van der Waals surface area contributed by atoms with E-state index in [0.29, 0.717) is 16.1 Å². The second kappa shape index (κ2) is 6.78. The molecule has 3 aromatic carbocycles. The summed E-state index contributed by atoms with van der Waals surface area (Å²) in [4.78, 5) is 25.9. The van der Waals surface area contributed by atoms with Crippen molar-refractivity contribution >= 4 is 39.2 Å². The lowest BCUT2D eigenvalue weighted by Crippen LogP contribution is -2.29. The second-order valence-electron chi connectivity index (χ2n) is 5.98. The Kier molecular flexibility index (Phi) is 4.41. The molecule has 1 heterocycles. The Balaban J connectivity index is 1.60. The minimum absolute atomic E-state index is 0.109. The van der Waals surface area contributed by atoms with Crippen LogP contribution in [0.3, 0.4) is 0 Å². The van der Waals surface area contributed by atoms with Crippen molar-refractivity contribution in [1.82, 2.24) is 0 Å². The molecule has 0 saturated heterocycles. The van der Waals surface area contributed by atoms with Gasteiger partial charge in [-0.2, -0.15) is 8.42 Å². The first-order valence-corrected chi connectivity index (χ1v) is 9.93. The topological polar surface area (TPSA) is 80.8 Å². The van der Waals surface area contributed by atoms with Crippen molar-refractivity contribution in [1.29, 1.82) is 0 Å². The SMILES string of the molecule is O=C1c2ccccc2C(=O)N1c1ccc(S(=O)(=O)Oc2ccc(Cl)cc2)cc1. The van der Waals surface area contributed by atoms with E-state index < -0.39 is 21.9 Å². The first-order valence-electron chi connectivity index (χ1n) is 8.15. The fraction of sp³-hybridized carbons (Fsp3) is 0. The highest BCUT2D eigenvalue weighted by molar-refractivity contribution is 7.87. The predicted molar refractivity (Wildman–Crippen MR) is 103 cm³/mol. The van der Waals surface area contributed by atoms with E-state index in [4.69, 9.17) is 15.8 Å². The Morgan fingerprint density at radius 3 is 1.82 bits per heavy atom. The summed E-state index contributed by atoms with van der Waals surface area (Å²) in [5.74, 6) is -0.781. The van der Waals surface area contributed by atoms with E-state index in [1.54, 1.807) is 24.3 Å². The molecule has 2 amide bonds. The highest BCUT2D eigenvalue weighted by Crippen LogP contribution is 2.29. The summed E-state index contributed by atoms with van der Waals surface area (Å²) < 4.78 is 29.9. The van der Waals surface area contributed by atoms with E-state index in [1.807, 2.05) is 0 Å². The average Bonchev–Trinajstić information content (AvgIpc) is 2.95. The fourth-order valence-electron chi connectivity index (χ4n) is 2.85. The highest BCUT2D eigenvalue weighted by Gasteiger charge is 2.36. The maximum Gasteiger partial charge on any atom is 0.339 e. The van der Waals surface area contributed by atoms with Crippen LogP contribution in [0.25, 0.3) is 0 Å². The average molecular weight is 414 g/mol. The van der Waals surface area contributed by atoms with Crippen molar-refractivity contribution in [2.24, 2.45) is 0 Å². The van der Waals surface area contributed by atoms with E-state index >= 15 is 0 Å². The summed E-state index contributed by atoms with van der Waals surface area (Å²) in [7, 11) is -4.08. The molecule has 0 bridgehead atoms. The van der Waals surface area contributed by atoms with E-state index in [1.165, 1.54) is 48.5 Å². The monoisotopic (exact) mass is 413 g/mol. The summed E-state index contributed by atoms with van der Waals surface area (Å²) in [6.07, 6.45) is 0. The lowest BCUT2D eigenvalue weighted by atomic mass is 10.1. The van der Waals surface area contributed by atoms with Gasteiger partial charge in [0.05, 0.1) is 16.8 Å². The number of hydrogen-bond donors (Lipinski definition) is 0. The van der Waals surface area contributed by atoms with Crippen LogP contribution in [0.5, 0.6) is 5.75 Å². The zero-order valence-corrected chi connectivity index (χ0v) is 15.8. The van der Waals surface area contributed by atoms with Crippen LogP contribution in [0.4, 0.5) is 5.69 Å². The molecule has 4 rings (SSSR count). The van der Waals surface area contributed by atoms with Gasteiger partial charge in [0.1, 0.15) is 10.6 Å². The Hall–Kier alpha value is -3.16. The number of carbonyl (C=O) groups excluding carboxylic acids is 2. The normalized spacial score (nSPS) is 13.5. The maximum atomic E-state index is 12.5. The number of benzene rings is 3. The molecule has 0 aliphatic carbocycles. The molecule has 1 aliphatic rings. The summed E-state index contributed by atoms with van der Waals surface area (Å²) in [6.45, 7) is 0. The number of anilines is 1. The molecule has 0 aromatic heterocycles. The highest BCUT2D eigenvalue weighted by atomic mass is 35.5. The number of nitrogens with zero attached hydrogens (tertiary/aromatic N) is 1. The molecular formula is C20H12ClNO5S. The van der Waals surface area contributed by atoms with E-state index in [0.717, 1.165) is 4.90 Å². The lowest BCUT2D eigenvalue weighted by molar-refractivity contribution is 0.0926. The Morgan fingerprint density at radius 2 is 1.29 bits per heavy atom. The summed E-state index contributed by atoms with van der Waals surface area (Å²) in [5.41, 5.74) is 0.905. The van der Waals surface area contributed by atoms with Crippen LogP contribution in [-0.4, -0.2) is 20.2 Å². The number of hydrogen-bond acceptors (Lipinski definition) is 5. The van der Waals surface area contributed by atoms with Gasteiger partial charge in [0.15, 0.2) is 0 Å². The number of carbonyl (C=O) groups is 2. The fourth-order valence-corrected chi connectivity index (χ4v) is 3.91. The largest absolute Gasteiger partial charge is 0.379 e. The zero-order chi connectivity index (χ0) is 19.9. The van der Waals surface area contributed by atoms with Gasteiger partial charge in [-0.3, -0.25) is 9.59 Å². The summed E-state index contributed by atoms with van der Waals surface area (Å²) in [6, 6.07) is 17.8. The molecule has 6 nitrogen and oxygen atoms in total. The van der Waals surface area contributed by atoms with Crippen LogP contribution in [-0.2, 0) is 10.1 Å². The molecule has 0 fully saturated rings. The minimum Gasteiger partial charge on any atom is -0.379 e. The smallest absolute Gasteiger partial charge is 0.339 e. The summed E-state index contributed by atoms with van der Waals surface area (Å²) in [5, 5.41) is 0.454. The van der Waals surface area contributed by atoms with Gasteiger partial charge in [0.25, 0.3) is 11.8 Å². The van der Waals surface area contributed by atoms with Crippen molar-refractivity contribution in [3.8, 4) is 5.75 Å². The van der Waals surface area contributed by atoms with E-state index in [2.05, 4.69) is 0 Å². The Labute approximate surface area is 166 Å². The van der Waals surface area contributed by atoms with Crippen molar-refractivity contribution in [2.75, 3.05) is 4.90 Å². The van der Waals surface area contributed by atoms with Gasteiger partial charge < -0.3 is 4.18 Å². The number of imide groups is 1. The van der Waals surface area contributed by atoms with Crippen LogP contribution in [0.1, 0.15) is 20.7 Å². The molecule has 28 heavy (non-hydrogen) atoms. The molecule has 8 heteroatoms. The molecule has 3 aromatic rings. The predicted octanol–water partition coefficient (Wildman–Crippen LogP) is 3.91. The number of halogens is 1. The Morgan fingerprint density at radius 1 is 0.750 bits per heavy atom. The molecule has 0 spiro atoms. The van der Waals surface area contributed by atoms with E-state index in [9.17, 15) is 18.0 Å². The molecule has 1 aliphatic heterocycles. The van der Waals surface area contributed by atoms with Crippen LogP contribution in [0, 0.1) is 0 Å². The molecule has 0 N–H and O–H groups in total. The first-order chi connectivity index (χ1) is 13.4. The third-order valence-corrected chi connectivity index (χ3v) is 5.71. The number of fused-ring (bicyclic) bond motifs is 1. The van der Waals surface area contributed by atoms with Gasteiger partial charge in [0, 0.05) is 5.02 Å². The van der Waals surface area contributed by atoms with Gasteiger partial charge in [-0.15, -0.1) is 0 Å². The van der Waals surface area contributed by atoms with Crippen molar-refractivity contribution in [3.63, 3.8) is 0 Å².